The molecule has 0 saturated heterocycles. The van der Waals surface area contributed by atoms with Crippen molar-refractivity contribution in [2.45, 2.75) is 24.9 Å². The van der Waals surface area contributed by atoms with Crippen LogP contribution in [0.15, 0.2) is 48.5 Å². The monoisotopic (exact) mass is 550 g/mol. The Hall–Kier alpha value is -2.88. The van der Waals surface area contributed by atoms with Gasteiger partial charge in [0.2, 0.25) is 0 Å². The fourth-order valence-corrected chi connectivity index (χ4v) is 3.39. The van der Waals surface area contributed by atoms with Crippen molar-refractivity contribution >= 4 is 31.4 Å². The number of ether oxygens (including phenoxy) is 2. The summed E-state index contributed by atoms with van der Waals surface area (Å²) in [6.07, 6.45) is 0. The third-order valence-corrected chi connectivity index (χ3v) is 6.31. The Labute approximate surface area is 197 Å². The van der Waals surface area contributed by atoms with Gasteiger partial charge in [0.1, 0.15) is 11.5 Å². The van der Waals surface area contributed by atoms with Crippen LogP contribution in [0.4, 0.5) is 37.7 Å². The van der Waals surface area contributed by atoms with E-state index in [0.717, 1.165) is 24.3 Å². The molecular weight excluding hydrogens is 530 g/mol. The maximum Gasteiger partial charge on any atom is 0.516 e. The largest absolute Gasteiger partial charge is 0.516 e. The molecule has 0 radical (unpaired) electrons. The van der Waals surface area contributed by atoms with E-state index in [-0.39, 0.29) is 36.1 Å². The van der Waals surface area contributed by atoms with Crippen LogP contribution in [-0.2, 0) is 20.0 Å². The number of halogens is 6. The van der Waals surface area contributed by atoms with E-state index in [4.69, 9.17) is 9.47 Å². The van der Waals surface area contributed by atoms with Gasteiger partial charge in [0.05, 0.1) is 13.2 Å². The number of rotatable bonds is 10. The summed E-state index contributed by atoms with van der Waals surface area (Å²) < 4.78 is 133. The van der Waals surface area contributed by atoms with Crippen LogP contribution in [0, 0.1) is 5.41 Å². The number of alkyl halides is 6. The van der Waals surface area contributed by atoms with Crippen LogP contribution in [0.3, 0.4) is 0 Å². The van der Waals surface area contributed by atoms with Crippen molar-refractivity contribution in [3.63, 3.8) is 0 Å². The minimum atomic E-state index is -5.54. The van der Waals surface area contributed by atoms with Crippen molar-refractivity contribution in [1.82, 2.24) is 0 Å². The lowest BCUT2D eigenvalue weighted by molar-refractivity contribution is -0.0435. The molecule has 0 fully saturated rings. The summed E-state index contributed by atoms with van der Waals surface area (Å²) in [7, 11) is -11.1. The van der Waals surface area contributed by atoms with Crippen LogP contribution >= 0.6 is 0 Å². The van der Waals surface area contributed by atoms with Gasteiger partial charge in [-0.05, 0) is 48.5 Å². The first-order valence-corrected chi connectivity index (χ1v) is 12.4. The summed E-state index contributed by atoms with van der Waals surface area (Å²) in [5.74, 6) is 0.490. The quantitative estimate of drug-likeness (QED) is 0.415. The van der Waals surface area contributed by atoms with Crippen molar-refractivity contribution in [1.29, 1.82) is 0 Å². The average Bonchev–Trinajstić information content (AvgIpc) is 2.71. The van der Waals surface area contributed by atoms with E-state index in [1.54, 1.807) is 13.8 Å². The van der Waals surface area contributed by atoms with Crippen LogP contribution in [0.5, 0.6) is 11.5 Å². The van der Waals surface area contributed by atoms with Crippen LogP contribution in [0.2, 0.25) is 0 Å². The number of sulfonamides is 2. The normalized spacial score (nSPS) is 13.3. The van der Waals surface area contributed by atoms with Gasteiger partial charge in [-0.3, -0.25) is 9.44 Å². The first-order valence-electron chi connectivity index (χ1n) is 9.45. The molecule has 0 unspecified atom stereocenters. The molecule has 2 N–H and O–H groups in total. The van der Waals surface area contributed by atoms with E-state index in [1.165, 1.54) is 33.7 Å². The molecule has 0 saturated carbocycles. The predicted octanol–water partition coefficient (Wildman–Crippen LogP) is 4.69. The van der Waals surface area contributed by atoms with Crippen LogP contribution in [0.25, 0.3) is 0 Å². The second-order valence-corrected chi connectivity index (χ2v) is 11.2. The maximum absolute atomic E-state index is 12.4. The zero-order valence-electron chi connectivity index (χ0n) is 18.1. The summed E-state index contributed by atoms with van der Waals surface area (Å²) in [5, 5.41) is 0. The molecule has 8 nitrogen and oxygen atoms in total. The summed E-state index contributed by atoms with van der Waals surface area (Å²) in [6.45, 7) is 3.66. The number of nitrogens with one attached hydrogen (secondary N) is 2. The van der Waals surface area contributed by atoms with Gasteiger partial charge in [-0.1, -0.05) is 13.8 Å². The molecule has 0 atom stereocenters. The molecular formula is C19H20F6N2O6S2. The smallest absolute Gasteiger partial charge is 0.493 e. The minimum Gasteiger partial charge on any atom is -0.493 e. The molecule has 2 aromatic carbocycles. The first kappa shape index (κ1) is 28.4. The van der Waals surface area contributed by atoms with Gasteiger partial charge in [0.15, 0.2) is 0 Å². The van der Waals surface area contributed by atoms with E-state index >= 15 is 0 Å². The van der Waals surface area contributed by atoms with Gasteiger partial charge in [-0.15, -0.1) is 0 Å². The Morgan fingerprint density at radius 2 is 0.914 bits per heavy atom. The lowest BCUT2D eigenvalue weighted by Crippen LogP contribution is -2.30. The fraction of sp³-hybridized carbons (Fsp3) is 0.368. The molecule has 196 valence electrons. The molecule has 16 heteroatoms. The second kappa shape index (κ2) is 10.0. The summed E-state index contributed by atoms with van der Waals surface area (Å²) in [5.41, 5.74) is -12.1. The van der Waals surface area contributed by atoms with Crippen molar-refractivity contribution < 1.29 is 52.7 Å². The standard InChI is InChI=1S/C19H20F6N2O6S2/c1-17(2,11-32-15-7-3-13(4-8-15)26-34(28,29)18(20,21)22)12-33-16-9-5-14(6-10-16)27-35(30,31)19(23,24)25/h3-10,26-27H,11-12H2,1-2H3. The average molecular weight is 550 g/mol. The molecule has 0 amide bonds. The van der Waals surface area contributed by atoms with Crippen LogP contribution in [0.1, 0.15) is 13.8 Å². The van der Waals surface area contributed by atoms with Gasteiger partial charge in [0.25, 0.3) is 0 Å². The highest BCUT2D eigenvalue weighted by Crippen LogP contribution is 2.28. The van der Waals surface area contributed by atoms with E-state index in [9.17, 15) is 43.2 Å². The summed E-state index contributed by atoms with van der Waals surface area (Å²) >= 11 is 0. The Balaban J connectivity index is 1.89. The maximum atomic E-state index is 12.4. The number of hydrogen-bond acceptors (Lipinski definition) is 6. The third-order valence-electron chi connectivity index (χ3n) is 4.08. The Morgan fingerprint density at radius 1 is 0.629 bits per heavy atom. The lowest BCUT2D eigenvalue weighted by atomic mass is 9.96. The van der Waals surface area contributed by atoms with E-state index in [1.807, 2.05) is 0 Å². The number of benzene rings is 2. The molecule has 0 bridgehead atoms. The van der Waals surface area contributed by atoms with Crippen LogP contribution in [-0.4, -0.2) is 41.1 Å². The van der Waals surface area contributed by atoms with E-state index < -0.39 is 36.5 Å². The molecule has 35 heavy (non-hydrogen) atoms. The molecule has 2 aromatic rings. The topological polar surface area (TPSA) is 111 Å². The summed E-state index contributed by atoms with van der Waals surface area (Å²) in [6, 6.07) is 9.45. The highest BCUT2D eigenvalue weighted by molar-refractivity contribution is 7.93. The molecule has 0 aromatic heterocycles. The van der Waals surface area contributed by atoms with Crippen molar-refractivity contribution in [3.05, 3.63) is 48.5 Å². The summed E-state index contributed by atoms with van der Waals surface area (Å²) in [4.78, 5) is 0. The molecule has 2 rings (SSSR count). The van der Waals surface area contributed by atoms with Crippen molar-refractivity contribution in [2.24, 2.45) is 5.41 Å². The van der Waals surface area contributed by atoms with E-state index in [2.05, 4.69) is 0 Å². The van der Waals surface area contributed by atoms with Crippen molar-refractivity contribution in [3.8, 4) is 11.5 Å². The lowest BCUT2D eigenvalue weighted by Gasteiger charge is -2.25. The molecule has 0 heterocycles. The molecule has 0 aliphatic carbocycles. The van der Waals surface area contributed by atoms with E-state index in [0.29, 0.717) is 0 Å². The third kappa shape index (κ3) is 8.09. The van der Waals surface area contributed by atoms with Gasteiger partial charge < -0.3 is 9.47 Å². The zero-order valence-corrected chi connectivity index (χ0v) is 19.7. The Bertz CT molecular complexity index is 1110. The van der Waals surface area contributed by atoms with Crippen LogP contribution < -0.4 is 18.9 Å². The molecule has 0 aliphatic rings. The second-order valence-electron chi connectivity index (χ2n) is 7.89. The SMILES string of the molecule is CC(C)(COc1ccc(NS(=O)(=O)C(F)(F)F)cc1)COc1ccc(NS(=O)(=O)C(F)(F)F)cc1. The first-order chi connectivity index (χ1) is 15.8. The highest BCUT2D eigenvalue weighted by Gasteiger charge is 2.46. The van der Waals surface area contributed by atoms with Gasteiger partial charge in [0, 0.05) is 16.8 Å². The van der Waals surface area contributed by atoms with Crippen molar-refractivity contribution in [2.75, 3.05) is 22.7 Å². The number of anilines is 2. The predicted molar refractivity (Wildman–Crippen MR) is 115 cm³/mol. The fourth-order valence-electron chi connectivity index (χ4n) is 2.26. The van der Waals surface area contributed by atoms with Gasteiger partial charge >= 0.3 is 31.1 Å². The Morgan fingerprint density at radius 3 is 1.17 bits per heavy atom. The zero-order chi connectivity index (χ0) is 26.7. The molecule has 0 aliphatic heterocycles. The minimum absolute atomic E-state index is 0.0735. The highest BCUT2D eigenvalue weighted by atomic mass is 32.2. The molecule has 0 spiro atoms. The van der Waals surface area contributed by atoms with Gasteiger partial charge in [-0.25, -0.2) is 0 Å². The van der Waals surface area contributed by atoms with Gasteiger partial charge in [-0.2, -0.15) is 43.2 Å². The Kier molecular flexibility index (Phi) is 8.11. The number of hydrogen-bond donors (Lipinski definition) is 2.